The first-order chi connectivity index (χ1) is 10.2. The van der Waals surface area contributed by atoms with Crippen molar-refractivity contribution in [3.63, 3.8) is 0 Å². The van der Waals surface area contributed by atoms with Crippen LogP contribution in [0.15, 0.2) is 54.6 Å². The number of nitrogen functional groups attached to an aromatic ring is 1. The SMILES string of the molecule is CC(c1cccc(N)c1)N1CCN(c2ccccc2)CC1. The van der Waals surface area contributed by atoms with Crippen molar-refractivity contribution in [2.75, 3.05) is 36.8 Å². The summed E-state index contributed by atoms with van der Waals surface area (Å²) in [6.07, 6.45) is 0. The van der Waals surface area contributed by atoms with Gasteiger partial charge in [0.15, 0.2) is 0 Å². The molecule has 0 aliphatic carbocycles. The Morgan fingerprint density at radius 1 is 0.905 bits per heavy atom. The number of nitrogens with zero attached hydrogens (tertiary/aromatic N) is 2. The molecular weight excluding hydrogens is 258 g/mol. The van der Waals surface area contributed by atoms with Gasteiger partial charge in [0.25, 0.3) is 0 Å². The quantitative estimate of drug-likeness (QED) is 0.877. The molecule has 3 heteroatoms. The van der Waals surface area contributed by atoms with Crippen LogP contribution in [0.2, 0.25) is 0 Å². The molecule has 0 amide bonds. The van der Waals surface area contributed by atoms with Gasteiger partial charge in [-0.15, -0.1) is 0 Å². The molecule has 1 fully saturated rings. The Labute approximate surface area is 127 Å². The van der Waals surface area contributed by atoms with Crippen LogP contribution in [0.5, 0.6) is 0 Å². The van der Waals surface area contributed by atoms with E-state index in [1.807, 2.05) is 12.1 Å². The molecule has 110 valence electrons. The van der Waals surface area contributed by atoms with Gasteiger partial charge in [0.05, 0.1) is 0 Å². The van der Waals surface area contributed by atoms with Crippen molar-refractivity contribution in [2.45, 2.75) is 13.0 Å². The normalized spacial score (nSPS) is 17.7. The van der Waals surface area contributed by atoms with Crippen LogP contribution in [0.1, 0.15) is 18.5 Å². The van der Waals surface area contributed by atoms with Crippen molar-refractivity contribution < 1.29 is 0 Å². The van der Waals surface area contributed by atoms with Gasteiger partial charge in [-0.2, -0.15) is 0 Å². The number of rotatable bonds is 3. The van der Waals surface area contributed by atoms with E-state index in [4.69, 9.17) is 5.73 Å². The fraction of sp³-hybridized carbons (Fsp3) is 0.333. The van der Waals surface area contributed by atoms with Gasteiger partial charge in [0, 0.05) is 43.6 Å². The fourth-order valence-electron chi connectivity index (χ4n) is 3.04. The van der Waals surface area contributed by atoms with E-state index in [0.717, 1.165) is 31.9 Å². The molecule has 2 aromatic carbocycles. The second-order valence-corrected chi connectivity index (χ2v) is 5.70. The monoisotopic (exact) mass is 281 g/mol. The van der Waals surface area contributed by atoms with Gasteiger partial charge in [0.1, 0.15) is 0 Å². The Morgan fingerprint density at radius 3 is 2.29 bits per heavy atom. The zero-order valence-electron chi connectivity index (χ0n) is 12.6. The number of benzene rings is 2. The lowest BCUT2D eigenvalue weighted by Gasteiger charge is -2.39. The summed E-state index contributed by atoms with van der Waals surface area (Å²) in [4.78, 5) is 5.00. The van der Waals surface area contributed by atoms with E-state index in [-0.39, 0.29) is 0 Å². The summed E-state index contributed by atoms with van der Waals surface area (Å²) in [5, 5.41) is 0. The molecule has 0 spiro atoms. The molecular formula is C18H23N3. The van der Waals surface area contributed by atoms with Crippen LogP contribution in [-0.4, -0.2) is 31.1 Å². The standard InChI is InChI=1S/C18H23N3/c1-15(16-6-5-7-17(19)14-16)20-10-12-21(13-11-20)18-8-3-2-4-9-18/h2-9,14-15H,10-13,19H2,1H3. The van der Waals surface area contributed by atoms with E-state index in [2.05, 4.69) is 59.2 Å². The van der Waals surface area contributed by atoms with Gasteiger partial charge in [-0.1, -0.05) is 30.3 Å². The average Bonchev–Trinajstić information content (AvgIpc) is 2.55. The van der Waals surface area contributed by atoms with Crippen molar-refractivity contribution >= 4 is 11.4 Å². The number of hydrogen-bond acceptors (Lipinski definition) is 3. The maximum Gasteiger partial charge on any atom is 0.0367 e. The molecule has 1 saturated heterocycles. The average molecular weight is 281 g/mol. The predicted molar refractivity (Wildman–Crippen MR) is 89.5 cm³/mol. The van der Waals surface area contributed by atoms with Crippen LogP contribution in [0.25, 0.3) is 0 Å². The van der Waals surface area contributed by atoms with Crippen molar-refractivity contribution in [3.8, 4) is 0 Å². The van der Waals surface area contributed by atoms with Crippen LogP contribution in [0.4, 0.5) is 11.4 Å². The zero-order chi connectivity index (χ0) is 14.7. The van der Waals surface area contributed by atoms with E-state index in [9.17, 15) is 0 Å². The maximum atomic E-state index is 5.90. The van der Waals surface area contributed by atoms with E-state index >= 15 is 0 Å². The Hall–Kier alpha value is -2.00. The van der Waals surface area contributed by atoms with Crippen molar-refractivity contribution in [1.29, 1.82) is 0 Å². The highest BCUT2D eigenvalue weighted by atomic mass is 15.3. The first-order valence-electron chi connectivity index (χ1n) is 7.63. The van der Waals surface area contributed by atoms with Crippen LogP contribution in [0.3, 0.4) is 0 Å². The molecule has 1 unspecified atom stereocenters. The first kappa shape index (κ1) is 14.0. The van der Waals surface area contributed by atoms with Crippen LogP contribution >= 0.6 is 0 Å². The van der Waals surface area contributed by atoms with E-state index in [1.165, 1.54) is 11.3 Å². The highest BCUT2D eigenvalue weighted by molar-refractivity contribution is 5.46. The number of hydrogen-bond donors (Lipinski definition) is 1. The third-order valence-electron chi connectivity index (χ3n) is 4.38. The molecule has 1 heterocycles. The molecule has 3 rings (SSSR count). The van der Waals surface area contributed by atoms with Gasteiger partial charge in [0.2, 0.25) is 0 Å². The number of anilines is 2. The summed E-state index contributed by atoms with van der Waals surface area (Å²) in [7, 11) is 0. The number of para-hydroxylation sites is 1. The summed E-state index contributed by atoms with van der Waals surface area (Å²) in [5.74, 6) is 0. The Kier molecular flexibility index (Phi) is 4.11. The Morgan fingerprint density at radius 2 is 1.62 bits per heavy atom. The summed E-state index contributed by atoms with van der Waals surface area (Å²) < 4.78 is 0. The molecule has 3 nitrogen and oxygen atoms in total. The molecule has 0 aromatic heterocycles. The zero-order valence-corrected chi connectivity index (χ0v) is 12.6. The van der Waals surface area contributed by atoms with Gasteiger partial charge in [-0.05, 0) is 36.8 Å². The lowest BCUT2D eigenvalue weighted by atomic mass is 10.1. The number of nitrogens with two attached hydrogens (primary N) is 1. The van der Waals surface area contributed by atoms with E-state index in [0.29, 0.717) is 6.04 Å². The third kappa shape index (κ3) is 3.19. The lowest BCUT2D eigenvalue weighted by molar-refractivity contribution is 0.198. The van der Waals surface area contributed by atoms with Gasteiger partial charge in [-0.3, -0.25) is 4.90 Å². The minimum atomic E-state index is 0.423. The largest absolute Gasteiger partial charge is 0.399 e. The highest BCUT2D eigenvalue weighted by Crippen LogP contribution is 2.24. The molecule has 2 aromatic rings. The highest BCUT2D eigenvalue weighted by Gasteiger charge is 2.22. The second kappa shape index (κ2) is 6.19. The summed E-state index contributed by atoms with van der Waals surface area (Å²) in [6.45, 7) is 6.61. The molecule has 0 radical (unpaired) electrons. The van der Waals surface area contributed by atoms with Crippen molar-refractivity contribution in [2.24, 2.45) is 0 Å². The van der Waals surface area contributed by atoms with E-state index in [1.54, 1.807) is 0 Å². The van der Waals surface area contributed by atoms with Crippen LogP contribution in [0, 0.1) is 0 Å². The summed E-state index contributed by atoms with van der Waals surface area (Å²) in [5.41, 5.74) is 9.38. The van der Waals surface area contributed by atoms with Crippen LogP contribution < -0.4 is 10.6 Å². The number of piperazine rings is 1. The summed E-state index contributed by atoms with van der Waals surface area (Å²) in [6, 6.07) is 19.3. The van der Waals surface area contributed by atoms with Gasteiger partial charge < -0.3 is 10.6 Å². The topological polar surface area (TPSA) is 32.5 Å². The smallest absolute Gasteiger partial charge is 0.0367 e. The molecule has 2 N–H and O–H groups in total. The van der Waals surface area contributed by atoms with E-state index < -0.39 is 0 Å². The first-order valence-corrected chi connectivity index (χ1v) is 7.63. The molecule has 1 aliphatic heterocycles. The molecule has 1 aliphatic rings. The second-order valence-electron chi connectivity index (χ2n) is 5.70. The minimum Gasteiger partial charge on any atom is -0.399 e. The minimum absolute atomic E-state index is 0.423. The van der Waals surface area contributed by atoms with Crippen molar-refractivity contribution in [3.05, 3.63) is 60.2 Å². The van der Waals surface area contributed by atoms with Crippen LogP contribution in [-0.2, 0) is 0 Å². The fourth-order valence-corrected chi connectivity index (χ4v) is 3.04. The maximum absolute atomic E-state index is 5.90. The molecule has 0 bridgehead atoms. The third-order valence-corrected chi connectivity index (χ3v) is 4.38. The lowest BCUT2D eigenvalue weighted by Crippen LogP contribution is -2.47. The van der Waals surface area contributed by atoms with Gasteiger partial charge in [-0.25, -0.2) is 0 Å². The molecule has 0 saturated carbocycles. The Balaban J connectivity index is 1.63. The summed E-state index contributed by atoms with van der Waals surface area (Å²) >= 11 is 0. The van der Waals surface area contributed by atoms with Crippen molar-refractivity contribution in [1.82, 2.24) is 4.90 Å². The molecule has 1 atom stereocenters. The predicted octanol–water partition coefficient (Wildman–Crippen LogP) is 3.15. The molecule has 21 heavy (non-hydrogen) atoms. The van der Waals surface area contributed by atoms with Gasteiger partial charge >= 0.3 is 0 Å². The Bertz CT molecular complexity index is 574.